The van der Waals surface area contributed by atoms with Crippen molar-refractivity contribution in [2.75, 3.05) is 13.2 Å². The van der Waals surface area contributed by atoms with Gasteiger partial charge in [-0.3, -0.25) is 0 Å². The summed E-state index contributed by atoms with van der Waals surface area (Å²) in [4.78, 5) is 0. The molecule has 3 nitrogen and oxygen atoms in total. The fraction of sp³-hybridized carbons (Fsp3) is 1.00. The lowest BCUT2D eigenvalue weighted by Gasteiger charge is -2.45. The molecule has 0 bridgehead atoms. The zero-order chi connectivity index (χ0) is 14.6. The van der Waals surface area contributed by atoms with Gasteiger partial charge in [-0.15, -0.1) is 0 Å². The van der Waals surface area contributed by atoms with E-state index < -0.39 is 6.64 Å². The van der Waals surface area contributed by atoms with Crippen molar-refractivity contribution in [1.29, 1.82) is 0 Å². The summed E-state index contributed by atoms with van der Waals surface area (Å²) in [5.41, 5.74) is 0.164. The Balaban J connectivity index is 2.04. The fourth-order valence-corrected chi connectivity index (χ4v) is 9.63. The molecule has 0 aromatic rings. The third-order valence-corrected chi connectivity index (χ3v) is 10.9. The van der Waals surface area contributed by atoms with Crippen molar-refractivity contribution in [2.45, 2.75) is 64.8 Å². The second kappa shape index (κ2) is 7.76. The van der Waals surface area contributed by atoms with Crippen LogP contribution in [0.2, 0.25) is 0 Å². The van der Waals surface area contributed by atoms with E-state index in [4.69, 9.17) is 20.9 Å². The Kier molecular flexibility index (Phi) is 6.87. The average Bonchev–Trinajstić information content (AvgIpc) is 2.50. The molecule has 0 spiro atoms. The first-order valence-corrected chi connectivity index (χ1v) is 12.8. The summed E-state index contributed by atoms with van der Waals surface area (Å²) in [6.07, 6.45) is 8.51. The lowest BCUT2D eigenvalue weighted by Crippen LogP contribution is -2.39. The van der Waals surface area contributed by atoms with Crippen LogP contribution in [0.3, 0.4) is 0 Å². The van der Waals surface area contributed by atoms with Gasteiger partial charge in [-0.2, -0.15) is 4.08 Å². The number of rotatable bonds is 5. The number of nitrogens with zero attached hydrogens (tertiary/aromatic N) is 1. The molecule has 1 aliphatic heterocycles. The molecule has 1 saturated carbocycles. The van der Waals surface area contributed by atoms with Crippen LogP contribution in [0.4, 0.5) is 0 Å². The average molecular weight is 402 g/mol. The van der Waals surface area contributed by atoms with E-state index in [2.05, 4.69) is 32.7 Å². The van der Waals surface area contributed by atoms with Crippen molar-refractivity contribution >= 4 is 43.6 Å². The molecule has 7 heteroatoms. The summed E-state index contributed by atoms with van der Waals surface area (Å²) < 4.78 is 14.5. The molecule has 0 aromatic carbocycles. The molecule has 1 aliphatic carbocycles. The Morgan fingerprint density at radius 2 is 1.75 bits per heavy atom. The first kappa shape index (κ1) is 17.7. The van der Waals surface area contributed by atoms with Gasteiger partial charge in [0.25, 0.3) is 6.64 Å². The summed E-state index contributed by atoms with van der Waals surface area (Å²) in [5, 5.41) is 0. The minimum Gasteiger partial charge on any atom is -0.317 e. The molecule has 0 unspecified atom stereocenters. The summed E-state index contributed by atoms with van der Waals surface area (Å²) in [7, 11) is 1.54. The third kappa shape index (κ3) is 3.81. The largest absolute Gasteiger partial charge is 0.317 e. The highest BCUT2D eigenvalue weighted by Crippen LogP contribution is 2.63. The standard InChI is InChI=1S/C13H25BrNO2PS2/c1-3-13(4-2)10-16-18(19,17-11-13)15(20-14)12-8-6-5-7-9-12/h12H,3-11H2,1-2H3. The molecule has 0 radical (unpaired) electrons. The molecule has 1 heterocycles. The highest BCUT2D eigenvalue weighted by molar-refractivity contribution is 9.50. The summed E-state index contributed by atoms with van der Waals surface area (Å²) >= 11 is 9.32. The van der Waals surface area contributed by atoms with Crippen molar-refractivity contribution in [3.8, 4) is 0 Å². The van der Waals surface area contributed by atoms with Crippen molar-refractivity contribution in [2.24, 2.45) is 5.41 Å². The monoisotopic (exact) mass is 401 g/mol. The lowest BCUT2D eigenvalue weighted by molar-refractivity contribution is 0.0165. The Labute approximate surface area is 140 Å². The van der Waals surface area contributed by atoms with Crippen LogP contribution in [-0.4, -0.2) is 23.3 Å². The van der Waals surface area contributed by atoms with E-state index in [0.29, 0.717) is 6.04 Å². The van der Waals surface area contributed by atoms with Gasteiger partial charge in [-0.25, -0.2) is 0 Å². The topological polar surface area (TPSA) is 21.7 Å². The van der Waals surface area contributed by atoms with Gasteiger partial charge >= 0.3 is 0 Å². The zero-order valence-corrected chi connectivity index (χ0v) is 16.5. The van der Waals surface area contributed by atoms with Crippen molar-refractivity contribution in [1.82, 2.24) is 4.08 Å². The molecule has 0 N–H and O–H groups in total. The smallest absolute Gasteiger partial charge is 0.274 e. The van der Waals surface area contributed by atoms with Crippen LogP contribution in [0.5, 0.6) is 0 Å². The minimum atomic E-state index is -2.32. The van der Waals surface area contributed by atoms with Crippen LogP contribution in [-0.2, 0) is 20.9 Å². The second-order valence-corrected chi connectivity index (χ2v) is 10.8. The van der Waals surface area contributed by atoms with Crippen molar-refractivity contribution in [3.05, 3.63) is 0 Å². The van der Waals surface area contributed by atoms with Crippen LogP contribution >= 0.6 is 31.8 Å². The highest BCUT2D eigenvalue weighted by atomic mass is 79.9. The summed E-state index contributed by atoms with van der Waals surface area (Å²) in [5.74, 6) is 0. The van der Waals surface area contributed by atoms with E-state index in [1.54, 1.807) is 0 Å². The van der Waals surface area contributed by atoms with E-state index in [-0.39, 0.29) is 5.41 Å². The van der Waals surface area contributed by atoms with Gasteiger partial charge in [0, 0.05) is 36.7 Å². The maximum atomic E-state index is 6.15. The van der Waals surface area contributed by atoms with Crippen LogP contribution in [0, 0.1) is 5.41 Å². The Morgan fingerprint density at radius 1 is 1.20 bits per heavy atom. The lowest BCUT2D eigenvalue weighted by atomic mass is 9.84. The molecule has 0 aromatic heterocycles. The van der Waals surface area contributed by atoms with Gasteiger partial charge in [-0.1, -0.05) is 33.1 Å². The molecule has 20 heavy (non-hydrogen) atoms. The maximum Gasteiger partial charge on any atom is 0.274 e. The van der Waals surface area contributed by atoms with Gasteiger partial charge in [0.15, 0.2) is 0 Å². The van der Waals surface area contributed by atoms with Gasteiger partial charge < -0.3 is 9.05 Å². The summed E-state index contributed by atoms with van der Waals surface area (Å²) in [6.45, 7) is 3.60. The van der Waals surface area contributed by atoms with Gasteiger partial charge in [0.2, 0.25) is 0 Å². The van der Waals surface area contributed by atoms with Gasteiger partial charge in [0.05, 0.1) is 13.2 Å². The molecular formula is C13H25BrNO2PS2. The summed E-state index contributed by atoms with van der Waals surface area (Å²) in [6, 6.07) is 0.495. The predicted octanol–water partition coefficient (Wildman–Crippen LogP) is 5.66. The van der Waals surface area contributed by atoms with E-state index in [0.717, 1.165) is 26.1 Å². The highest BCUT2D eigenvalue weighted by Gasteiger charge is 2.43. The van der Waals surface area contributed by atoms with E-state index >= 15 is 0 Å². The van der Waals surface area contributed by atoms with Crippen molar-refractivity contribution in [3.63, 3.8) is 0 Å². The molecule has 118 valence electrons. The number of hydrogen-bond acceptors (Lipinski definition) is 4. The van der Waals surface area contributed by atoms with Crippen LogP contribution in [0.15, 0.2) is 0 Å². The SMILES string of the molecule is CCC1(CC)COP(=S)(N(SBr)C2CCCCC2)OC1. The molecular weight excluding hydrogens is 377 g/mol. The molecule has 0 atom stereocenters. The third-order valence-electron chi connectivity index (χ3n) is 4.77. The Morgan fingerprint density at radius 3 is 2.20 bits per heavy atom. The van der Waals surface area contributed by atoms with E-state index in [1.165, 1.54) is 42.5 Å². The van der Waals surface area contributed by atoms with Crippen LogP contribution in [0.1, 0.15) is 58.8 Å². The molecule has 0 amide bonds. The van der Waals surface area contributed by atoms with E-state index in [1.807, 2.05) is 0 Å². The molecule has 2 rings (SSSR count). The first-order valence-electron chi connectivity index (χ1n) is 7.57. The maximum absolute atomic E-state index is 6.15. The van der Waals surface area contributed by atoms with Crippen LogP contribution in [0.25, 0.3) is 0 Å². The molecule has 2 aliphatic rings. The molecule has 1 saturated heterocycles. The minimum absolute atomic E-state index is 0.164. The zero-order valence-electron chi connectivity index (χ0n) is 12.3. The van der Waals surface area contributed by atoms with Crippen molar-refractivity contribution < 1.29 is 9.05 Å². The van der Waals surface area contributed by atoms with Gasteiger partial charge in [-0.05, 0) is 37.5 Å². The predicted molar refractivity (Wildman–Crippen MR) is 94.4 cm³/mol. The number of hydrogen-bond donors (Lipinski definition) is 0. The van der Waals surface area contributed by atoms with E-state index in [9.17, 15) is 0 Å². The first-order chi connectivity index (χ1) is 9.59. The normalized spacial score (nSPS) is 26.8. The molecule has 2 fully saturated rings. The van der Waals surface area contributed by atoms with Gasteiger partial charge in [0.1, 0.15) is 0 Å². The Bertz CT molecular complexity index is 348. The number of halogens is 1. The quantitative estimate of drug-likeness (QED) is 0.436. The Hall–Kier alpha value is 1.36. The van der Waals surface area contributed by atoms with Crippen LogP contribution < -0.4 is 0 Å². The fourth-order valence-electron chi connectivity index (χ4n) is 2.88. The second-order valence-electron chi connectivity index (χ2n) is 5.89.